The number of fused-ring (bicyclic) bond motifs is 1. The highest BCUT2D eigenvalue weighted by Gasteiger charge is 2.11. The van der Waals surface area contributed by atoms with E-state index in [2.05, 4.69) is 51.8 Å². The summed E-state index contributed by atoms with van der Waals surface area (Å²) in [6, 6.07) is 0.00887. The highest BCUT2D eigenvalue weighted by atomic mass is 79.9. The van der Waals surface area contributed by atoms with Crippen molar-refractivity contribution in [1.29, 1.82) is 0 Å². The van der Waals surface area contributed by atoms with Crippen molar-refractivity contribution < 1.29 is 0 Å². The summed E-state index contributed by atoms with van der Waals surface area (Å²) in [6.45, 7) is 2.62. The van der Waals surface area contributed by atoms with Gasteiger partial charge in [-0.1, -0.05) is 5.21 Å². The number of rotatable bonds is 4. The molecule has 0 fully saturated rings. The van der Waals surface area contributed by atoms with Crippen molar-refractivity contribution in [1.82, 2.24) is 40.3 Å². The summed E-state index contributed by atoms with van der Waals surface area (Å²) in [5.74, 6) is 0.636. The largest absolute Gasteiger partial charge is 0.302 e. The highest BCUT2D eigenvalue weighted by Crippen LogP contribution is 2.12. The first-order valence-corrected chi connectivity index (χ1v) is 6.47. The Hall–Kier alpha value is -1.87. The van der Waals surface area contributed by atoms with Crippen LogP contribution in [0.1, 0.15) is 24.5 Å². The second kappa shape index (κ2) is 5.02. The van der Waals surface area contributed by atoms with Gasteiger partial charge in [-0.3, -0.25) is 4.40 Å². The molecule has 0 aliphatic rings. The van der Waals surface area contributed by atoms with Crippen LogP contribution in [0, 0.1) is 0 Å². The summed E-state index contributed by atoms with van der Waals surface area (Å²) in [4.78, 5) is 8.43. The average molecular weight is 323 g/mol. The molecule has 3 aromatic rings. The summed E-state index contributed by atoms with van der Waals surface area (Å²) < 4.78 is 2.75. The van der Waals surface area contributed by atoms with Gasteiger partial charge in [0.15, 0.2) is 11.5 Å². The van der Waals surface area contributed by atoms with Crippen molar-refractivity contribution in [3.05, 3.63) is 34.7 Å². The van der Waals surface area contributed by atoms with E-state index in [1.807, 2.05) is 23.7 Å². The normalized spacial score (nSPS) is 12.9. The summed E-state index contributed by atoms with van der Waals surface area (Å²) in [5, 5.41) is 17.2. The van der Waals surface area contributed by atoms with Crippen molar-refractivity contribution in [3.8, 4) is 0 Å². The molecule has 3 rings (SSSR count). The van der Waals surface area contributed by atoms with Gasteiger partial charge in [-0.2, -0.15) is 5.21 Å². The molecule has 2 N–H and O–H groups in total. The molecule has 0 radical (unpaired) electrons. The van der Waals surface area contributed by atoms with Crippen LogP contribution in [0.3, 0.4) is 0 Å². The van der Waals surface area contributed by atoms with Crippen LogP contribution in [-0.4, -0.2) is 35.0 Å². The van der Waals surface area contributed by atoms with Crippen LogP contribution in [0.25, 0.3) is 5.65 Å². The number of hydrogen-bond donors (Lipinski definition) is 2. The Kier molecular flexibility index (Phi) is 3.22. The lowest BCUT2D eigenvalue weighted by Gasteiger charge is -2.09. The summed E-state index contributed by atoms with van der Waals surface area (Å²) in [6.07, 6.45) is 5.42. The Bertz CT molecular complexity index is 676. The minimum atomic E-state index is 0.00887. The lowest BCUT2D eigenvalue weighted by atomic mass is 10.3. The summed E-state index contributed by atoms with van der Waals surface area (Å²) >= 11 is 3.35. The van der Waals surface area contributed by atoms with Gasteiger partial charge in [0.25, 0.3) is 0 Å². The van der Waals surface area contributed by atoms with E-state index in [4.69, 9.17) is 0 Å². The molecule has 0 aliphatic heterocycles. The predicted molar refractivity (Wildman–Crippen MR) is 70.1 cm³/mol. The fraction of sp³-hybridized carbons (Fsp3) is 0.300. The van der Waals surface area contributed by atoms with Gasteiger partial charge in [-0.15, -0.1) is 10.2 Å². The molecule has 8 nitrogen and oxygen atoms in total. The molecular weight excluding hydrogens is 312 g/mol. The third-order valence-corrected chi connectivity index (χ3v) is 3.19. The van der Waals surface area contributed by atoms with Crippen molar-refractivity contribution in [2.75, 3.05) is 0 Å². The van der Waals surface area contributed by atoms with Gasteiger partial charge < -0.3 is 5.32 Å². The van der Waals surface area contributed by atoms with Crippen LogP contribution in [-0.2, 0) is 6.54 Å². The van der Waals surface area contributed by atoms with Crippen LogP contribution < -0.4 is 5.32 Å². The molecule has 3 heterocycles. The average Bonchev–Trinajstić information content (AvgIpc) is 3.05. The van der Waals surface area contributed by atoms with Gasteiger partial charge in [0, 0.05) is 12.7 Å². The molecule has 0 amide bonds. The second-order valence-corrected chi connectivity index (χ2v) is 4.87. The fourth-order valence-electron chi connectivity index (χ4n) is 1.75. The molecule has 0 saturated carbocycles. The van der Waals surface area contributed by atoms with Crippen molar-refractivity contribution >= 4 is 21.6 Å². The van der Waals surface area contributed by atoms with E-state index in [1.165, 1.54) is 0 Å². The lowest BCUT2D eigenvalue weighted by Crippen LogP contribution is -2.20. The molecular formula is C10H11BrN8. The first kappa shape index (κ1) is 12.2. The number of halogens is 1. The molecule has 0 aromatic carbocycles. The number of aromatic nitrogens is 7. The number of imidazole rings is 1. The number of H-pyrrole nitrogens is 1. The molecule has 0 spiro atoms. The zero-order chi connectivity index (χ0) is 13.2. The van der Waals surface area contributed by atoms with Crippen LogP contribution in [0.5, 0.6) is 0 Å². The maximum atomic E-state index is 4.29. The molecule has 0 bridgehead atoms. The Morgan fingerprint density at radius 1 is 1.42 bits per heavy atom. The Morgan fingerprint density at radius 2 is 2.32 bits per heavy atom. The zero-order valence-electron chi connectivity index (χ0n) is 10.1. The lowest BCUT2D eigenvalue weighted by molar-refractivity contribution is 0.539. The number of aromatic amines is 1. The van der Waals surface area contributed by atoms with Crippen molar-refractivity contribution in [3.63, 3.8) is 0 Å². The Morgan fingerprint density at radius 3 is 3.11 bits per heavy atom. The van der Waals surface area contributed by atoms with Gasteiger partial charge >= 0.3 is 0 Å². The van der Waals surface area contributed by atoms with Crippen LogP contribution in [0.2, 0.25) is 0 Å². The molecule has 3 aromatic heterocycles. The molecule has 9 heteroatoms. The first-order chi connectivity index (χ1) is 9.24. The van der Waals surface area contributed by atoms with E-state index in [0.717, 1.165) is 15.9 Å². The number of nitrogens with one attached hydrogen (secondary N) is 2. The number of hydrogen-bond acceptors (Lipinski definition) is 6. The van der Waals surface area contributed by atoms with E-state index in [1.54, 1.807) is 6.20 Å². The maximum absolute atomic E-state index is 4.29. The molecule has 1 atom stereocenters. The summed E-state index contributed by atoms with van der Waals surface area (Å²) in [7, 11) is 0. The Labute approximate surface area is 116 Å². The van der Waals surface area contributed by atoms with Gasteiger partial charge in [0.2, 0.25) is 0 Å². The molecule has 98 valence electrons. The van der Waals surface area contributed by atoms with Gasteiger partial charge in [-0.05, 0) is 22.9 Å². The molecule has 0 saturated heterocycles. The monoisotopic (exact) mass is 322 g/mol. The molecule has 0 aliphatic carbocycles. The standard InChI is InChI=1S/C10H11BrN8/c1-6(10-15-17-18-16-10)12-2-7-3-14-9-4-13-8(11)5-19(7)9/h3-6,12H,2H2,1H3,(H,15,16,17,18). The van der Waals surface area contributed by atoms with Crippen LogP contribution in [0.15, 0.2) is 23.2 Å². The second-order valence-electron chi connectivity index (χ2n) is 4.06. The van der Waals surface area contributed by atoms with Gasteiger partial charge in [0.05, 0.1) is 24.1 Å². The van der Waals surface area contributed by atoms with E-state index >= 15 is 0 Å². The van der Waals surface area contributed by atoms with Crippen molar-refractivity contribution in [2.45, 2.75) is 19.5 Å². The topological polar surface area (TPSA) is 96.7 Å². The SMILES string of the molecule is CC(NCc1cnc2cnc(Br)cn12)c1nn[nH]n1. The fourth-order valence-corrected chi connectivity index (χ4v) is 2.06. The smallest absolute Gasteiger partial charge is 0.191 e. The predicted octanol–water partition coefficient (Wildman–Crippen LogP) is 0.856. The quantitative estimate of drug-likeness (QED) is 0.739. The zero-order valence-corrected chi connectivity index (χ0v) is 11.7. The minimum absolute atomic E-state index is 0.00887. The third kappa shape index (κ3) is 2.47. The minimum Gasteiger partial charge on any atom is -0.302 e. The van der Waals surface area contributed by atoms with Gasteiger partial charge in [0.1, 0.15) is 4.60 Å². The summed E-state index contributed by atoms with van der Waals surface area (Å²) in [5.41, 5.74) is 1.85. The van der Waals surface area contributed by atoms with Crippen molar-refractivity contribution in [2.24, 2.45) is 0 Å². The molecule has 1 unspecified atom stereocenters. The maximum Gasteiger partial charge on any atom is 0.191 e. The highest BCUT2D eigenvalue weighted by molar-refractivity contribution is 9.10. The van der Waals surface area contributed by atoms with E-state index in [-0.39, 0.29) is 6.04 Å². The van der Waals surface area contributed by atoms with E-state index in [9.17, 15) is 0 Å². The number of tetrazole rings is 1. The van der Waals surface area contributed by atoms with Gasteiger partial charge in [-0.25, -0.2) is 9.97 Å². The number of nitrogens with zero attached hydrogens (tertiary/aromatic N) is 6. The third-order valence-electron chi connectivity index (χ3n) is 2.78. The van der Waals surface area contributed by atoms with Crippen LogP contribution in [0.4, 0.5) is 0 Å². The Balaban J connectivity index is 1.77. The first-order valence-electron chi connectivity index (χ1n) is 5.68. The molecule has 19 heavy (non-hydrogen) atoms. The van der Waals surface area contributed by atoms with E-state index in [0.29, 0.717) is 12.4 Å². The van der Waals surface area contributed by atoms with Crippen LogP contribution >= 0.6 is 15.9 Å². The van der Waals surface area contributed by atoms with E-state index < -0.39 is 0 Å².